The van der Waals surface area contributed by atoms with Crippen molar-refractivity contribution in [1.82, 2.24) is 20.1 Å². The molecule has 0 unspecified atom stereocenters. The first kappa shape index (κ1) is 13.3. The SMILES string of the molecule is CCc1cc(CC)n(-c2cnccc2CNC2CC2)n1. The van der Waals surface area contributed by atoms with E-state index in [1.54, 1.807) is 0 Å². The first-order chi connectivity index (χ1) is 9.81. The third kappa shape index (κ3) is 2.75. The van der Waals surface area contributed by atoms with E-state index in [1.165, 1.54) is 24.1 Å². The number of rotatable bonds is 6. The molecule has 2 aromatic heterocycles. The van der Waals surface area contributed by atoms with Gasteiger partial charge in [-0.05, 0) is 43.4 Å². The fourth-order valence-electron chi connectivity index (χ4n) is 2.41. The fourth-order valence-corrected chi connectivity index (χ4v) is 2.41. The van der Waals surface area contributed by atoms with Gasteiger partial charge in [-0.25, -0.2) is 4.68 Å². The Balaban J connectivity index is 1.93. The Bertz CT molecular complexity index is 584. The smallest absolute Gasteiger partial charge is 0.0876 e. The largest absolute Gasteiger partial charge is 0.310 e. The molecule has 0 bridgehead atoms. The molecule has 2 aromatic rings. The van der Waals surface area contributed by atoms with Crippen molar-refractivity contribution in [2.24, 2.45) is 0 Å². The molecule has 1 saturated carbocycles. The second kappa shape index (κ2) is 5.75. The van der Waals surface area contributed by atoms with Crippen LogP contribution in [0.15, 0.2) is 24.5 Å². The van der Waals surface area contributed by atoms with Gasteiger partial charge in [-0.3, -0.25) is 4.98 Å². The molecule has 0 radical (unpaired) electrons. The number of hydrogen-bond donors (Lipinski definition) is 1. The van der Waals surface area contributed by atoms with Crippen molar-refractivity contribution < 1.29 is 0 Å². The van der Waals surface area contributed by atoms with Crippen molar-refractivity contribution in [1.29, 1.82) is 0 Å². The number of nitrogens with one attached hydrogen (secondary N) is 1. The van der Waals surface area contributed by atoms with Crippen LogP contribution >= 0.6 is 0 Å². The predicted octanol–water partition coefficient (Wildman–Crippen LogP) is 2.64. The van der Waals surface area contributed by atoms with Crippen LogP contribution in [0.1, 0.15) is 43.6 Å². The van der Waals surface area contributed by atoms with Crippen LogP contribution in [0.25, 0.3) is 5.69 Å². The predicted molar refractivity (Wildman–Crippen MR) is 80.0 cm³/mol. The molecular formula is C16H22N4. The van der Waals surface area contributed by atoms with Crippen LogP contribution in [0.5, 0.6) is 0 Å². The summed E-state index contributed by atoms with van der Waals surface area (Å²) in [5, 5.41) is 8.29. The van der Waals surface area contributed by atoms with Gasteiger partial charge >= 0.3 is 0 Å². The summed E-state index contributed by atoms with van der Waals surface area (Å²) in [6.45, 7) is 5.21. The van der Waals surface area contributed by atoms with Crippen molar-refractivity contribution in [3.05, 3.63) is 41.5 Å². The van der Waals surface area contributed by atoms with Crippen molar-refractivity contribution in [3.8, 4) is 5.69 Å². The van der Waals surface area contributed by atoms with Gasteiger partial charge in [0.25, 0.3) is 0 Å². The van der Waals surface area contributed by atoms with Crippen LogP contribution in [-0.2, 0) is 19.4 Å². The highest BCUT2D eigenvalue weighted by Gasteiger charge is 2.21. The summed E-state index contributed by atoms with van der Waals surface area (Å²) in [6, 6.07) is 5.01. The molecule has 0 saturated heterocycles. The molecule has 1 aliphatic rings. The minimum absolute atomic E-state index is 0.713. The Morgan fingerprint density at radius 3 is 2.85 bits per heavy atom. The number of pyridine rings is 1. The van der Waals surface area contributed by atoms with E-state index < -0.39 is 0 Å². The monoisotopic (exact) mass is 270 g/mol. The molecule has 106 valence electrons. The lowest BCUT2D eigenvalue weighted by molar-refractivity contribution is 0.676. The maximum absolute atomic E-state index is 4.72. The van der Waals surface area contributed by atoms with Crippen molar-refractivity contribution in [3.63, 3.8) is 0 Å². The van der Waals surface area contributed by atoms with Crippen LogP contribution in [0, 0.1) is 0 Å². The summed E-state index contributed by atoms with van der Waals surface area (Å²) in [6.07, 6.45) is 8.36. The Morgan fingerprint density at radius 1 is 1.30 bits per heavy atom. The lowest BCUT2D eigenvalue weighted by atomic mass is 10.2. The summed E-state index contributed by atoms with van der Waals surface area (Å²) in [5.74, 6) is 0. The molecule has 1 fully saturated rings. The number of hydrogen-bond acceptors (Lipinski definition) is 3. The molecule has 1 aliphatic carbocycles. The van der Waals surface area contributed by atoms with E-state index in [4.69, 9.17) is 5.10 Å². The molecule has 0 aromatic carbocycles. The Labute approximate surface area is 120 Å². The van der Waals surface area contributed by atoms with Gasteiger partial charge in [-0.1, -0.05) is 13.8 Å². The highest BCUT2D eigenvalue weighted by atomic mass is 15.3. The zero-order chi connectivity index (χ0) is 13.9. The maximum atomic E-state index is 4.72. The van der Waals surface area contributed by atoms with E-state index in [0.29, 0.717) is 6.04 Å². The number of aryl methyl sites for hydroxylation is 2. The van der Waals surface area contributed by atoms with E-state index in [9.17, 15) is 0 Å². The van der Waals surface area contributed by atoms with E-state index in [1.807, 2.05) is 12.4 Å². The molecule has 1 N–H and O–H groups in total. The van der Waals surface area contributed by atoms with Gasteiger partial charge < -0.3 is 5.32 Å². The third-order valence-corrected chi connectivity index (χ3v) is 3.83. The minimum atomic E-state index is 0.713. The lowest BCUT2D eigenvalue weighted by Gasteiger charge is -2.12. The third-order valence-electron chi connectivity index (χ3n) is 3.83. The van der Waals surface area contributed by atoms with Crippen molar-refractivity contribution in [2.75, 3.05) is 0 Å². The molecule has 3 rings (SSSR count). The average Bonchev–Trinajstić information content (AvgIpc) is 3.23. The molecule has 4 heteroatoms. The summed E-state index contributed by atoms with van der Waals surface area (Å²) < 4.78 is 2.07. The first-order valence-electron chi connectivity index (χ1n) is 7.56. The van der Waals surface area contributed by atoms with Gasteiger partial charge in [0.05, 0.1) is 17.6 Å². The number of nitrogens with zero attached hydrogens (tertiary/aromatic N) is 3. The van der Waals surface area contributed by atoms with Crippen LogP contribution in [0.2, 0.25) is 0 Å². The lowest BCUT2D eigenvalue weighted by Crippen LogP contribution is -2.17. The maximum Gasteiger partial charge on any atom is 0.0876 e. The highest BCUT2D eigenvalue weighted by molar-refractivity contribution is 5.39. The second-order valence-corrected chi connectivity index (χ2v) is 5.41. The summed E-state index contributed by atoms with van der Waals surface area (Å²) in [5.41, 5.74) is 4.78. The Kier molecular flexibility index (Phi) is 3.83. The normalized spacial score (nSPS) is 14.7. The van der Waals surface area contributed by atoms with Gasteiger partial charge in [0.1, 0.15) is 0 Å². The Hall–Kier alpha value is -1.68. The van der Waals surface area contributed by atoms with Crippen molar-refractivity contribution in [2.45, 2.75) is 52.1 Å². The van der Waals surface area contributed by atoms with Crippen LogP contribution in [-0.4, -0.2) is 20.8 Å². The molecule has 20 heavy (non-hydrogen) atoms. The second-order valence-electron chi connectivity index (χ2n) is 5.41. The zero-order valence-corrected chi connectivity index (χ0v) is 12.3. The molecule has 2 heterocycles. The summed E-state index contributed by atoms with van der Waals surface area (Å²) >= 11 is 0. The van der Waals surface area contributed by atoms with Gasteiger partial charge in [-0.15, -0.1) is 0 Å². The molecular weight excluding hydrogens is 248 g/mol. The number of aromatic nitrogens is 3. The van der Waals surface area contributed by atoms with Crippen LogP contribution in [0.4, 0.5) is 0 Å². The van der Waals surface area contributed by atoms with Crippen molar-refractivity contribution >= 4 is 0 Å². The van der Waals surface area contributed by atoms with Gasteiger partial charge in [-0.2, -0.15) is 5.10 Å². The van der Waals surface area contributed by atoms with Gasteiger partial charge in [0.2, 0.25) is 0 Å². The average molecular weight is 270 g/mol. The molecule has 0 amide bonds. The van der Waals surface area contributed by atoms with E-state index >= 15 is 0 Å². The van der Waals surface area contributed by atoms with E-state index in [2.05, 4.69) is 41.0 Å². The highest BCUT2D eigenvalue weighted by Crippen LogP contribution is 2.21. The van der Waals surface area contributed by atoms with E-state index in [0.717, 1.165) is 30.8 Å². The molecule has 0 spiro atoms. The molecule has 0 aliphatic heterocycles. The topological polar surface area (TPSA) is 42.7 Å². The quantitative estimate of drug-likeness (QED) is 0.877. The molecule has 0 atom stereocenters. The fraction of sp³-hybridized carbons (Fsp3) is 0.500. The Morgan fingerprint density at radius 2 is 2.15 bits per heavy atom. The summed E-state index contributed by atoms with van der Waals surface area (Å²) in [7, 11) is 0. The first-order valence-corrected chi connectivity index (χ1v) is 7.56. The van der Waals surface area contributed by atoms with Crippen LogP contribution in [0.3, 0.4) is 0 Å². The standard InChI is InChI=1S/C16H22N4/c1-3-13-9-15(4-2)20(19-13)16-11-17-8-7-12(16)10-18-14-5-6-14/h7-9,11,14,18H,3-6,10H2,1-2H3. The van der Waals surface area contributed by atoms with Gasteiger partial charge in [0, 0.05) is 24.5 Å². The zero-order valence-electron chi connectivity index (χ0n) is 12.3. The van der Waals surface area contributed by atoms with Gasteiger partial charge in [0.15, 0.2) is 0 Å². The summed E-state index contributed by atoms with van der Waals surface area (Å²) in [4.78, 5) is 4.29. The van der Waals surface area contributed by atoms with E-state index in [-0.39, 0.29) is 0 Å². The van der Waals surface area contributed by atoms with Crippen LogP contribution < -0.4 is 5.32 Å². The molecule has 4 nitrogen and oxygen atoms in total. The minimum Gasteiger partial charge on any atom is -0.310 e.